The van der Waals surface area contributed by atoms with Gasteiger partial charge in [0.15, 0.2) is 0 Å². The smallest absolute Gasteiger partial charge is 0.118 e. The zero-order valence-electron chi connectivity index (χ0n) is 21.9. The molecule has 196 valence electrons. The van der Waals surface area contributed by atoms with Gasteiger partial charge in [-0.2, -0.15) is 0 Å². The van der Waals surface area contributed by atoms with Gasteiger partial charge < -0.3 is 14.6 Å². The van der Waals surface area contributed by atoms with Crippen LogP contribution >= 0.6 is 11.8 Å². The van der Waals surface area contributed by atoms with Crippen LogP contribution in [0.4, 0.5) is 0 Å². The predicted octanol–water partition coefficient (Wildman–Crippen LogP) is 7.63. The molecule has 4 heteroatoms. The van der Waals surface area contributed by atoms with E-state index in [-0.39, 0.29) is 17.5 Å². The van der Waals surface area contributed by atoms with Crippen molar-refractivity contribution in [2.24, 2.45) is 0 Å². The Hall–Kier alpha value is -3.31. The molecule has 0 aromatic heterocycles. The van der Waals surface area contributed by atoms with Gasteiger partial charge in [-0.1, -0.05) is 115 Å². The van der Waals surface area contributed by atoms with Crippen LogP contribution in [-0.4, -0.2) is 30.7 Å². The molecular weight excluding hydrogens is 488 g/mol. The quantitative estimate of drug-likeness (QED) is 0.105. The topological polar surface area (TPSA) is 38.7 Å². The average molecular weight is 525 g/mol. The highest BCUT2D eigenvalue weighted by atomic mass is 32.2. The number of hydrogen-bond acceptors (Lipinski definition) is 4. The second kappa shape index (κ2) is 14.6. The number of aliphatic hydroxyl groups excluding tert-OH is 1. The van der Waals surface area contributed by atoms with E-state index in [9.17, 15) is 5.11 Å². The third-order valence-electron chi connectivity index (χ3n) is 6.53. The van der Waals surface area contributed by atoms with Crippen LogP contribution < -0.4 is 4.74 Å². The Morgan fingerprint density at radius 1 is 0.763 bits per heavy atom. The number of hydrogen-bond donors (Lipinski definition) is 1. The normalized spacial score (nSPS) is 12.5. The monoisotopic (exact) mass is 524 g/mol. The summed E-state index contributed by atoms with van der Waals surface area (Å²) in [5, 5.41) is 9.56. The summed E-state index contributed by atoms with van der Waals surface area (Å²) >= 11 is 1.95. The number of rotatable bonds is 14. The number of aliphatic hydroxyl groups is 1. The van der Waals surface area contributed by atoms with E-state index < -0.39 is 0 Å². The lowest BCUT2D eigenvalue weighted by molar-refractivity contribution is 0.0542. The van der Waals surface area contributed by atoms with E-state index in [0.29, 0.717) is 13.0 Å². The molecule has 4 aromatic rings. The van der Waals surface area contributed by atoms with E-state index in [1.807, 2.05) is 36.0 Å². The van der Waals surface area contributed by atoms with Crippen molar-refractivity contribution in [3.05, 3.63) is 150 Å². The van der Waals surface area contributed by atoms with Crippen molar-refractivity contribution < 1.29 is 14.6 Å². The second-order valence-electron chi connectivity index (χ2n) is 9.05. The standard InChI is InChI=1S/C34H36O3S/c1-36-32-22-20-28(21-23-32)27-37-33(24-25-35)19-11-12-26-38-34(29-13-5-2-6-14-29,30-15-7-3-8-16-30)31-17-9-4-10-18-31/h2-11,13-23,33,35H,12,24-27H2,1H3/b19-11+/t33-/m1/s1. The molecule has 0 aliphatic rings. The largest absolute Gasteiger partial charge is 0.497 e. The maximum absolute atomic E-state index is 9.56. The number of benzene rings is 4. The van der Waals surface area contributed by atoms with Crippen LogP contribution in [0.25, 0.3) is 0 Å². The van der Waals surface area contributed by atoms with E-state index in [2.05, 4.69) is 103 Å². The Morgan fingerprint density at radius 3 is 1.76 bits per heavy atom. The number of thioether (sulfide) groups is 1. The SMILES string of the molecule is COc1ccc(CO[C@H](/C=C/CCSC(c2ccccc2)(c2ccccc2)c2ccccc2)CCO)cc1. The lowest BCUT2D eigenvalue weighted by Crippen LogP contribution is -2.26. The van der Waals surface area contributed by atoms with Gasteiger partial charge >= 0.3 is 0 Å². The molecular formula is C34H36O3S. The summed E-state index contributed by atoms with van der Waals surface area (Å²) in [5.41, 5.74) is 4.89. The minimum atomic E-state index is -0.313. The van der Waals surface area contributed by atoms with Crippen LogP contribution in [0.1, 0.15) is 35.1 Å². The van der Waals surface area contributed by atoms with Gasteiger partial charge in [-0.25, -0.2) is 0 Å². The average Bonchev–Trinajstić information content (AvgIpc) is 2.99. The highest BCUT2D eigenvalue weighted by Crippen LogP contribution is 2.48. The molecule has 0 radical (unpaired) electrons. The van der Waals surface area contributed by atoms with Crippen molar-refractivity contribution in [2.75, 3.05) is 19.5 Å². The predicted molar refractivity (Wildman–Crippen MR) is 159 cm³/mol. The van der Waals surface area contributed by atoms with Gasteiger partial charge in [0.25, 0.3) is 0 Å². The third-order valence-corrected chi connectivity index (χ3v) is 8.11. The summed E-state index contributed by atoms with van der Waals surface area (Å²) in [5.74, 6) is 1.76. The first-order chi connectivity index (χ1) is 18.8. The van der Waals surface area contributed by atoms with Crippen molar-refractivity contribution in [3.63, 3.8) is 0 Å². The first-order valence-corrected chi connectivity index (χ1v) is 14.1. The lowest BCUT2D eigenvalue weighted by Gasteiger charge is -2.35. The van der Waals surface area contributed by atoms with Crippen molar-refractivity contribution >= 4 is 11.8 Å². The molecule has 0 fully saturated rings. The van der Waals surface area contributed by atoms with Crippen molar-refractivity contribution in [1.29, 1.82) is 0 Å². The first-order valence-electron chi connectivity index (χ1n) is 13.1. The van der Waals surface area contributed by atoms with Crippen LogP contribution in [0.2, 0.25) is 0 Å². The fraction of sp³-hybridized carbons (Fsp3) is 0.235. The Balaban J connectivity index is 1.47. The highest BCUT2D eigenvalue weighted by molar-refractivity contribution is 8.00. The Labute approximate surface area is 231 Å². The van der Waals surface area contributed by atoms with Gasteiger partial charge in [0.2, 0.25) is 0 Å². The van der Waals surface area contributed by atoms with Crippen molar-refractivity contribution in [2.45, 2.75) is 30.3 Å². The summed E-state index contributed by atoms with van der Waals surface area (Å²) in [6.45, 7) is 0.582. The summed E-state index contributed by atoms with van der Waals surface area (Å²) < 4.78 is 11.0. The first kappa shape index (κ1) is 27.7. The third kappa shape index (κ3) is 7.16. The van der Waals surface area contributed by atoms with Crippen LogP contribution in [-0.2, 0) is 16.1 Å². The molecule has 0 aliphatic heterocycles. The molecule has 0 bridgehead atoms. The van der Waals surface area contributed by atoms with Crippen LogP contribution in [0.5, 0.6) is 5.75 Å². The molecule has 0 heterocycles. The van der Waals surface area contributed by atoms with E-state index in [1.54, 1.807) is 7.11 Å². The Kier molecular flexibility index (Phi) is 10.6. The molecule has 38 heavy (non-hydrogen) atoms. The van der Waals surface area contributed by atoms with E-state index >= 15 is 0 Å². The maximum Gasteiger partial charge on any atom is 0.118 e. The van der Waals surface area contributed by atoms with Gasteiger partial charge in [0.05, 0.1) is 24.6 Å². The fourth-order valence-electron chi connectivity index (χ4n) is 4.58. The van der Waals surface area contributed by atoms with Crippen LogP contribution in [0.3, 0.4) is 0 Å². The summed E-state index contributed by atoms with van der Waals surface area (Å²) in [7, 11) is 1.66. The van der Waals surface area contributed by atoms with Crippen LogP contribution in [0.15, 0.2) is 127 Å². The number of allylic oxidation sites excluding steroid dienone is 1. The summed E-state index contributed by atoms with van der Waals surface area (Å²) in [6.07, 6.45) is 5.62. The minimum Gasteiger partial charge on any atom is -0.497 e. The van der Waals surface area contributed by atoms with E-state index in [0.717, 1.165) is 23.5 Å². The molecule has 0 saturated carbocycles. The van der Waals surface area contributed by atoms with E-state index in [1.165, 1.54) is 16.7 Å². The summed E-state index contributed by atoms with van der Waals surface area (Å²) in [6, 6.07) is 40.2. The fourth-order valence-corrected chi connectivity index (χ4v) is 6.05. The van der Waals surface area contributed by atoms with Gasteiger partial charge in [0.1, 0.15) is 5.75 Å². The van der Waals surface area contributed by atoms with Crippen molar-refractivity contribution in [1.82, 2.24) is 0 Å². The van der Waals surface area contributed by atoms with E-state index in [4.69, 9.17) is 9.47 Å². The molecule has 0 amide bonds. The lowest BCUT2D eigenvalue weighted by atomic mass is 9.84. The van der Waals surface area contributed by atoms with Crippen molar-refractivity contribution in [3.8, 4) is 5.75 Å². The molecule has 0 unspecified atom stereocenters. The number of ether oxygens (including phenoxy) is 2. The molecule has 0 spiro atoms. The number of methoxy groups -OCH3 is 1. The molecule has 0 aliphatic carbocycles. The minimum absolute atomic E-state index is 0.0888. The Morgan fingerprint density at radius 2 is 1.29 bits per heavy atom. The molecule has 1 atom stereocenters. The molecule has 4 rings (SSSR count). The molecule has 1 N–H and O–H groups in total. The highest BCUT2D eigenvalue weighted by Gasteiger charge is 2.36. The van der Waals surface area contributed by atoms with Gasteiger partial charge in [-0.3, -0.25) is 0 Å². The summed E-state index contributed by atoms with van der Waals surface area (Å²) in [4.78, 5) is 0. The van der Waals surface area contributed by atoms with Crippen LogP contribution in [0, 0.1) is 0 Å². The molecule has 3 nitrogen and oxygen atoms in total. The van der Waals surface area contributed by atoms with Gasteiger partial charge in [-0.05, 0) is 46.6 Å². The maximum atomic E-state index is 9.56. The molecule has 0 saturated heterocycles. The molecule has 4 aromatic carbocycles. The zero-order valence-corrected chi connectivity index (χ0v) is 22.7. The zero-order chi connectivity index (χ0) is 26.5. The van der Waals surface area contributed by atoms with Gasteiger partial charge in [0, 0.05) is 13.0 Å². The van der Waals surface area contributed by atoms with Gasteiger partial charge in [-0.15, -0.1) is 11.8 Å². The Bertz CT molecular complexity index is 1130. The second-order valence-corrected chi connectivity index (χ2v) is 10.4.